The van der Waals surface area contributed by atoms with E-state index in [0.29, 0.717) is 0 Å². The van der Waals surface area contributed by atoms with Crippen molar-refractivity contribution in [2.75, 3.05) is 20.3 Å². The molecule has 0 rings (SSSR count). The third kappa shape index (κ3) is 6.93. The second kappa shape index (κ2) is 7.26. The van der Waals surface area contributed by atoms with E-state index in [1.807, 2.05) is 0 Å². The lowest BCUT2D eigenvalue weighted by atomic mass is 9.99. The number of ketones is 1. The molecule has 0 aliphatic heterocycles. The molecule has 0 fully saturated rings. The zero-order chi connectivity index (χ0) is 13.5. The van der Waals surface area contributed by atoms with Gasteiger partial charge in [-0.15, -0.1) is 0 Å². The SMILES string of the molecule is CCC(C(=O)CCOCC(F)(F)F)C(=O)OC. The van der Waals surface area contributed by atoms with Crippen molar-refractivity contribution in [2.24, 2.45) is 5.92 Å². The first-order valence-electron chi connectivity index (χ1n) is 5.06. The van der Waals surface area contributed by atoms with Crippen LogP contribution in [0.2, 0.25) is 0 Å². The fraction of sp³-hybridized carbons (Fsp3) is 0.800. The Balaban J connectivity index is 3.96. The zero-order valence-electron chi connectivity index (χ0n) is 9.67. The summed E-state index contributed by atoms with van der Waals surface area (Å²) in [5.41, 5.74) is 0. The average molecular weight is 256 g/mol. The Labute approximate surface area is 97.1 Å². The molecule has 100 valence electrons. The number of carbonyl (C=O) groups excluding carboxylic acids is 2. The molecule has 17 heavy (non-hydrogen) atoms. The molecule has 0 aliphatic carbocycles. The summed E-state index contributed by atoms with van der Waals surface area (Å²) in [5.74, 6) is -2.07. The summed E-state index contributed by atoms with van der Waals surface area (Å²) in [6, 6.07) is 0. The number of carbonyl (C=O) groups is 2. The first-order chi connectivity index (χ1) is 7.81. The van der Waals surface area contributed by atoms with Crippen molar-refractivity contribution in [2.45, 2.75) is 25.9 Å². The van der Waals surface area contributed by atoms with E-state index in [2.05, 4.69) is 9.47 Å². The summed E-state index contributed by atoms with van der Waals surface area (Å²) in [6.07, 6.45) is -4.38. The molecular formula is C10H15F3O4. The molecule has 0 aromatic carbocycles. The standard InChI is InChI=1S/C10H15F3O4/c1-3-7(9(15)16-2)8(14)4-5-17-6-10(11,12)13/h7H,3-6H2,1-2H3. The lowest BCUT2D eigenvalue weighted by Crippen LogP contribution is -2.26. The van der Waals surface area contributed by atoms with E-state index in [0.717, 1.165) is 7.11 Å². The van der Waals surface area contributed by atoms with Crippen LogP contribution < -0.4 is 0 Å². The fourth-order valence-corrected chi connectivity index (χ4v) is 1.20. The van der Waals surface area contributed by atoms with Crippen LogP contribution >= 0.6 is 0 Å². The van der Waals surface area contributed by atoms with Crippen LogP contribution in [0.3, 0.4) is 0 Å². The maximum atomic E-state index is 11.7. The predicted octanol–water partition coefficient (Wildman–Crippen LogP) is 1.72. The third-order valence-corrected chi connectivity index (χ3v) is 2.04. The highest BCUT2D eigenvalue weighted by Crippen LogP contribution is 2.15. The smallest absolute Gasteiger partial charge is 0.411 e. The maximum absolute atomic E-state index is 11.7. The van der Waals surface area contributed by atoms with Crippen molar-refractivity contribution in [1.82, 2.24) is 0 Å². The first kappa shape index (κ1) is 15.9. The molecule has 0 amide bonds. The summed E-state index contributed by atoms with van der Waals surface area (Å²) >= 11 is 0. The van der Waals surface area contributed by atoms with Gasteiger partial charge in [0.2, 0.25) is 0 Å². The zero-order valence-corrected chi connectivity index (χ0v) is 9.67. The lowest BCUT2D eigenvalue weighted by Gasteiger charge is -2.11. The van der Waals surface area contributed by atoms with E-state index in [1.54, 1.807) is 6.92 Å². The lowest BCUT2D eigenvalue weighted by molar-refractivity contribution is -0.175. The van der Waals surface area contributed by atoms with Gasteiger partial charge in [0, 0.05) is 6.42 Å². The Morgan fingerprint density at radius 2 is 1.88 bits per heavy atom. The number of Topliss-reactive ketones (excluding diaryl/α,β-unsaturated/α-hetero) is 1. The van der Waals surface area contributed by atoms with Crippen LogP contribution in [0.5, 0.6) is 0 Å². The summed E-state index contributed by atoms with van der Waals surface area (Å²) in [4.78, 5) is 22.5. The van der Waals surface area contributed by atoms with E-state index in [9.17, 15) is 22.8 Å². The van der Waals surface area contributed by atoms with Crippen LogP contribution in [0, 0.1) is 5.92 Å². The second-order valence-electron chi connectivity index (χ2n) is 3.37. The molecule has 0 heterocycles. The van der Waals surface area contributed by atoms with Crippen molar-refractivity contribution in [3.8, 4) is 0 Å². The number of methoxy groups -OCH3 is 1. The van der Waals surface area contributed by atoms with Gasteiger partial charge in [0.15, 0.2) is 0 Å². The second-order valence-corrected chi connectivity index (χ2v) is 3.37. The van der Waals surface area contributed by atoms with Gasteiger partial charge in [0.1, 0.15) is 18.3 Å². The van der Waals surface area contributed by atoms with E-state index < -0.39 is 30.5 Å². The van der Waals surface area contributed by atoms with E-state index in [1.165, 1.54) is 0 Å². The van der Waals surface area contributed by atoms with Crippen LogP contribution in [-0.4, -0.2) is 38.3 Å². The number of hydrogen-bond donors (Lipinski definition) is 0. The number of hydrogen-bond acceptors (Lipinski definition) is 4. The number of ether oxygens (including phenoxy) is 2. The normalized spacial score (nSPS) is 13.2. The highest BCUT2D eigenvalue weighted by atomic mass is 19.4. The molecule has 0 aromatic heterocycles. The van der Waals surface area contributed by atoms with Gasteiger partial charge in [-0.3, -0.25) is 9.59 Å². The molecule has 0 aromatic rings. The van der Waals surface area contributed by atoms with Crippen molar-refractivity contribution in [1.29, 1.82) is 0 Å². The van der Waals surface area contributed by atoms with Crippen LogP contribution in [0.25, 0.3) is 0 Å². The van der Waals surface area contributed by atoms with E-state index >= 15 is 0 Å². The van der Waals surface area contributed by atoms with Crippen LogP contribution in [-0.2, 0) is 19.1 Å². The minimum absolute atomic E-state index is 0.232. The van der Waals surface area contributed by atoms with Gasteiger partial charge in [-0.25, -0.2) is 0 Å². The van der Waals surface area contributed by atoms with Gasteiger partial charge >= 0.3 is 12.1 Å². The number of halogens is 3. The largest absolute Gasteiger partial charge is 0.468 e. The van der Waals surface area contributed by atoms with Crippen LogP contribution in [0.1, 0.15) is 19.8 Å². The molecule has 1 unspecified atom stereocenters. The molecule has 7 heteroatoms. The molecule has 0 N–H and O–H groups in total. The highest BCUT2D eigenvalue weighted by molar-refractivity contribution is 5.98. The Morgan fingerprint density at radius 1 is 1.29 bits per heavy atom. The molecule has 0 saturated heterocycles. The maximum Gasteiger partial charge on any atom is 0.411 e. The molecule has 4 nitrogen and oxygen atoms in total. The average Bonchev–Trinajstić information content (AvgIpc) is 2.23. The van der Waals surface area contributed by atoms with Crippen molar-refractivity contribution in [3.05, 3.63) is 0 Å². The Morgan fingerprint density at radius 3 is 2.29 bits per heavy atom. The summed E-state index contributed by atoms with van der Waals surface area (Å²) in [6.45, 7) is -0.128. The number of rotatable bonds is 7. The molecule has 0 spiro atoms. The molecule has 0 aliphatic rings. The quantitative estimate of drug-likeness (QED) is 0.395. The minimum Gasteiger partial charge on any atom is -0.468 e. The molecule has 0 saturated carbocycles. The van der Waals surface area contributed by atoms with Gasteiger partial charge in [0.25, 0.3) is 0 Å². The molecule has 1 atom stereocenters. The van der Waals surface area contributed by atoms with E-state index in [4.69, 9.17) is 0 Å². The molecular weight excluding hydrogens is 241 g/mol. The van der Waals surface area contributed by atoms with Crippen molar-refractivity contribution >= 4 is 11.8 Å². The van der Waals surface area contributed by atoms with Gasteiger partial charge in [-0.1, -0.05) is 6.92 Å². The van der Waals surface area contributed by atoms with Gasteiger partial charge in [-0.2, -0.15) is 13.2 Å². The van der Waals surface area contributed by atoms with Crippen LogP contribution in [0.15, 0.2) is 0 Å². The number of alkyl halides is 3. The van der Waals surface area contributed by atoms with Crippen molar-refractivity contribution < 1.29 is 32.2 Å². The summed E-state index contributed by atoms with van der Waals surface area (Å²) < 4.78 is 43.8. The minimum atomic E-state index is -4.41. The van der Waals surface area contributed by atoms with E-state index in [-0.39, 0.29) is 19.4 Å². The monoisotopic (exact) mass is 256 g/mol. The van der Waals surface area contributed by atoms with Crippen LogP contribution in [0.4, 0.5) is 13.2 Å². The summed E-state index contributed by atoms with van der Waals surface area (Å²) in [5, 5.41) is 0. The highest BCUT2D eigenvalue weighted by Gasteiger charge is 2.28. The Hall–Kier alpha value is -1.11. The molecule has 0 bridgehead atoms. The summed E-state index contributed by atoms with van der Waals surface area (Å²) in [7, 11) is 1.15. The Kier molecular flexibility index (Phi) is 6.79. The predicted molar refractivity (Wildman–Crippen MR) is 52.3 cm³/mol. The van der Waals surface area contributed by atoms with Gasteiger partial charge in [0.05, 0.1) is 13.7 Å². The van der Waals surface area contributed by atoms with Crippen molar-refractivity contribution in [3.63, 3.8) is 0 Å². The van der Waals surface area contributed by atoms with Gasteiger partial charge < -0.3 is 9.47 Å². The van der Waals surface area contributed by atoms with Gasteiger partial charge in [-0.05, 0) is 6.42 Å². The first-order valence-corrected chi connectivity index (χ1v) is 5.06. The number of esters is 1. The molecule has 0 radical (unpaired) electrons. The third-order valence-electron chi connectivity index (χ3n) is 2.04. The topological polar surface area (TPSA) is 52.6 Å². The fourth-order valence-electron chi connectivity index (χ4n) is 1.20. The Bertz CT molecular complexity index is 263.